The molecule has 4 aromatic rings. The third-order valence-corrected chi connectivity index (χ3v) is 5.18. The summed E-state index contributed by atoms with van der Waals surface area (Å²) in [6.07, 6.45) is 1.72. The van der Waals surface area contributed by atoms with E-state index in [9.17, 15) is 9.90 Å². The molecule has 0 aromatic heterocycles. The fourth-order valence-electron chi connectivity index (χ4n) is 3.71. The van der Waals surface area contributed by atoms with Crippen molar-refractivity contribution in [3.63, 3.8) is 0 Å². The normalized spacial score (nSPS) is 14.1. The molecule has 0 spiro atoms. The van der Waals surface area contributed by atoms with Crippen LogP contribution in [0.25, 0.3) is 27.5 Å². The first kappa shape index (κ1) is 17.1. The number of hydrogen-bond donors (Lipinski definition) is 3. The third-order valence-electron chi connectivity index (χ3n) is 5.18. The molecule has 3 N–H and O–H groups in total. The molecule has 0 atom stereocenters. The Hall–Kier alpha value is -4.05. The Labute approximate surface area is 168 Å². The van der Waals surface area contributed by atoms with Crippen LogP contribution >= 0.6 is 0 Å². The largest absolute Gasteiger partial charge is 0.507 e. The lowest BCUT2D eigenvalue weighted by Crippen LogP contribution is -2.05. The Bertz CT molecular complexity index is 1280. The first-order valence-corrected chi connectivity index (χ1v) is 9.39. The number of nitrogens with one attached hydrogen (secondary N) is 2. The monoisotopic (exact) mass is 378 g/mol. The van der Waals surface area contributed by atoms with Crippen molar-refractivity contribution in [3.05, 3.63) is 96.7 Å². The van der Waals surface area contributed by atoms with Crippen LogP contribution in [0.5, 0.6) is 5.75 Å². The Morgan fingerprint density at radius 3 is 2.38 bits per heavy atom. The van der Waals surface area contributed by atoms with Crippen molar-refractivity contribution >= 4 is 33.6 Å². The van der Waals surface area contributed by atoms with Crippen LogP contribution in [0.15, 0.2) is 91.1 Å². The number of fused-ring (bicyclic) bond motifs is 2. The van der Waals surface area contributed by atoms with Crippen LogP contribution in [0.1, 0.15) is 5.56 Å². The summed E-state index contributed by atoms with van der Waals surface area (Å²) in [4.78, 5) is 12.6. The van der Waals surface area contributed by atoms with Crippen LogP contribution in [-0.4, -0.2) is 11.0 Å². The van der Waals surface area contributed by atoms with E-state index in [0.717, 1.165) is 38.8 Å². The van der Waals surface area contributed by atoms with E-state index in [1.165, 1.54) is 0 Å². The van der Waals surface area contributed by atoms with E-state index >= 15 is 0 Å². The van der Waals surface area contributed by atoms with Crippen molar-refractivity contribution in [1.82, 2.24) is 0 Å². The van der Waals surface area contributed by atoms with E-state index in [-0.39, 0.29) is 11.7 Å². The Morgan fingerprint density at radius 1 is 0.793 bits per heavy atom. The minimum Gasteiger partial charge on any atom is -0.507 e. The predicted octanol–water partition coefficient (Wildman–Crippen LogP) is 5.62. The number of aromatic hydroxyl groups is 1. The first-order valence-electron chi connectivity index (χ1n) is 9.39. The van der Waals surface area contributed by atoms with Crippen molar-refractivity contribution in [2.24, 2.45) is 0 Å². The molecule has 0 aliphatic carbocycles. The van der Waals surface area contributed by atoms with Crippen LogP contribution in [0.3, 0.4) is 0 Å². The summed E-state index contributed by atoms with van der Waals surface area (Å²) >= 11 is 0. The quantitative estimate of drug-likeness (QED) is 0.320. The molecule has 0 radical (unpaired) electrons. The second kappa shape index (κ2) is 6.84. The van der Waals surface area contributed by atoms with E-state index in [4.69, 9.17) is 0 Å². The van der Waals surface area contributed by atoms with Gasteiger partial charge in [0.05, 0.1) is 5.57 Å². The van der Waals surface area contributed by atoms with Gasteiger partial charge in [-0.25, -0.2) is 0 Å². The van der Waals surface area contributed by atoms with Crippen molar-refractivity contribution in [1.29, 1.82) is 0 Å². The number of rotatable bonds is 3. The smallest absolute Gasteiger partial charge is 0.257 e. The van der Waals surface area contributed by atoms with Gasteiger partial charge >= 0.3 is 0 Å². The average molecular weight is 378 g/mol. The van der Waals surface area contributed by atoms with Gasteiger partial charge in [-0.05, 0) is 29.3 Å². The van der Waals surface area contributed by atoms with Gasteiger partial charge in [0.15, 0.2) is 0 Å². The summed E-state index contributed by atoms with van der Waals surface area (Å²) in [5.74, 6) is 0.0944. The van der Waals surface area contributed by atoms with Crippen LogP contribution in [0.2, 0.25) is 0 Å². The van der Waals surface area contributed by atoms with Gasteiger partial charge in [-0.1, -0.05) is 66.7 Å². The second-order valence-electron chi connectivity index (χ2n) is 6.96. The van der Waals surface area contributed by atoms with Gasteiger partial charge in [0.1, 0.15) is 5.75 Å². The lowest BCUT2D eigenvalue weighted by molar-refractivity contribution is -0.110. The zero-order valence-electron chi connectivity index (χ0n) is 15.5. The van der Waals surface area contributed by atoms with E-state index in [1.54, 1.807) is 18.3 Å². The van der Waals surface area contributed by atoms with Crippen molar-refractivity contribution < 1.29 is 9.90 Å². The van der Waals surface area contributed by atoms with E-state index in [0.29, 0.717) is 5.57 Å². The van der Waals surface area contributed by atoms with Gasteiger partial charge in [-0.3, -0.25) is 4.79 Å². The zero-order valence-corrected chi connectivity index (χ0v) is 15.5. The lowest BCUT2D eigenvalue weighted by Gasteiger charge is -2.09. The summed E-state index contributed by atoms with van der Waals surface area (Å²) in [7, 11) is 0. The van der Waals surface area contributed by atoms with Crippen molar-refractivity contribution in [2.45, 2.75) is 0 Å². The molecule has 29 heavy (non-hydrogen) atoms. The highest BCUT2D eigenvalue weighted by molar-refractivity contribution is 6.32. The van der Waals surface area contributed by atoms with Gasteiger partial charge < -0.3 is 15.7 Å². The van der Waals surface area contributed by atoms with E-state index < -0.39 is 0 Å². The zero-order chi connectivity index (χ0) is 19.8. The molecule has 0 saturated carbocycles. The molecule has 140 valence electrons. The maximum atomic E-state index is 12.6. The van der Waals surface area contributed by atoms with Gasteiger partial charge in [0.25, 0.3) is 5.91 Å². The Morgan fingerprint density at radius 2 is 1.55 bits per heavy atom. The number of carbonyl (C=O) groups excluding carboxylic acids is 1. The molecule has 5 rings (SSSR count). The number of phenolic OH excluding ortho intramolecular Hbond substituents is 1. The van der Waals surface area contributed by atoms with Crippen LogP contribution in [0.4, 0.5) is 11.4 Å². The topological polar surface area (TPSA) is 61.4 Å². The standard InChI is InChI=1S/C25H18N2O2/c28-24-13-12-22(18-8-4-5-9-20(18)24)26-15-21-19-11-10-17(14-23(19)27-25(21)29)16-6-2-1-3-7-16/h1-15,26,28H,(H,27,29). The number of anilines is 2. The van der Waals surface area contributed by atoms with Crippen LogP contribution in [0, 0.1) is 0 Å². The number of amides is 1. The van der Waals surface area contributed by atoms with Crippen molar-refractivity contribution in [3.8, 4) is 16.9 Å². The molecule has 0 fully saturated rings. The molecule has 1 aliphatic heterocycles. The van der Waals surface area contributed by atoms with E-state index in [2.05, 4.69) is 10.6 Å². The number of benzene rings is 4. The highest BCUT2D eigenvalue weighted by atomic mass is 16.3. The highest BCUT2D eigenvalue weighted by Crippen LogP contribution is 2.36. The summed E-state index contributed by atoms with van der Waals surface area (Å²) in [6, 6.07) is 27.1. The summed E-state index contributed by atoms with van der Waals surface area (Å²) < 4.78 is 0. The molecule has 4 nitrogen and oxygen atoms in total. The Balaban J connectivity index is 1.50. The molecule has 4 heteroatoms. The molecule has 0 saturated heterocycles. The molecule has 1 amide bonds. The SMILES string of the molecule is O=C1Nc2cc(-c3ccccc3)ccc2C1=CNc1ccc(O)c2ccccc12. The molecule has 4 aromatic carbocycles. The number of phenols is 1. The minimum absolute atomic E-state index is 0.138. The molecule has 1 heterocycles. The van der Waals surface area contributed by atoms with E-state index in [1.807, 2.05) is 72.8 Å². The van der Waals surface area contributed by atoms with Gasteiger partial charge in [0, 0.05) is 33.9 Å². The van der Waals surface area contributed by atoms with Crippen LogP contribution in [-0.2, 0) is 4.79 Å². The molecular weight excluding hydrogens is 360 g/mol. The minimum atomic E-state index is -0.138. The molecule has 0 unspecified atom stereocenters. The lowest BCUT2D eigenvalue weighted by atomic mass is 10.0. The first-order chi connectivity index (χ1) is 14.2. The summed E-state index contributed by atoms with van der Waals surface area (Å²) in [6.45, 7) is 0. The molecular formula is C25H18N2O2. The third kappa shape index (κ3) is 3.01. The Kier molecular flexibility index (Phi) is 4.03. The van der Waals surface area contributed by atoms with Crippen molar-refractivity contribution in [2.75, 3.05) is 10.6 Å². The fourth-order valence-corrected chi connectivity index (χ4v) is 3.71. The maximum Gasteiger partial charge on any atom is 0.257 e. The van der Waals surface area contributed by atoms with Gasteiger partial charge in [0.2, 0.25) is 0 Å². The van der Waals surface area contributed by atoms with Gasteiger partial charge in [-0.15, -0.1) is 0 Å². The number of carbonyl (C=O) groups is 1. The molecule has 0 bridgehead atoms. The summed E-state index contributed by atoms with van der Waals surface area (Å²) in [5.41, 5.74) is 5.24. The second-order valence-corrected chi connectivity index (χ2v) is 6.96. The fraction of sp³-hybridized carbons (Fsp3) is 0. The average Bonchev–Trinajstić information content (AvgIpc) is 3.08. The summed E-state index contributed by atoms with van der Waals surface area (Å²) in [5, 5.41) is 17.9. The van der Waals surface area contributed by atoms with Gasteiger partial charge in [-0.2, -0.15) is 0 Å². The highest BCUT2D eigenvalue weighted by Gasteiger charge is 2.24. The maximum absolute atomic E-state index is 12.6. The van der Waals surface area contributed by atoms with Crippen LogP contribution < -0.4 is 10.6 Å². The predicted molar refractivity (Wildman–Crippen MR) is 118 cm³/mol. The molecule has 1 aliphatic rings. The number of hydrogen-bond acceptors (Lipinski definition) is 3.